The van der Waals surface area contributed by atoms with Gasteiger partial charge in [0.05, 0.1) is 22.8 Å². The number of benzene rings is 3. The van der Waals surface area contributed by atoms with Crippen molar-refractivity contribution in [2.24, 2.45) is 0 Å². The number of hydrogen-bond donors (Lipinski definition) is 0. The minimum atomic E-state index is -0.272. The maximum atomic E-state index is 14.1. The number of aromatic nitrogens is 3. The van der Waals surface area contributed by atoms with Crippen molar-refractivity contribution in [3.05, 3.63) is 83.8 Å². The molecular formula is C23H18FN3O. The number of hydrogen-bond acceptors (Lipinski definition) is 3. The SMILES string of the molecule is Cc1noc2ccc(-c3nc4ccc(F)cc4n3C(C)c3ccccc3)cc12. The molecule has 138 valence electrons. The van der Waals surface area contributed by atoms with Gasteiger partial charge in [-0.05, 0) is 55.8 Å². The van der Waals surface area contributed by atoms with Crippen molar-refractivity contribution >= 4 is 22.0 Å². The lowest BCUT2D eigenvalue weighted by molar-refractivity contribution is 0.450. The lowest BCUT2D eigenvalue weighted by Gasteiger charge is -2.18. The smallest absolute Gasteiger partial charge is 0.167 e. The second-order valence-electron chi connectivity index (χ2n) is 7.00. The number of nitrogens with zero attached hydrogens (tertiary/aromatic N) is 3. The van der Waals surface area contributed by atoms with E-state index in [1.807, 2.05) is 43.3 Å². The zero-order valence-corrected chi connectivity index (χ0v) is 15.6. The van der Waals surface area contributed by atoms with E-state index in [-0.39, 0.29) is 11.9 Å². The molecule has 2 aromatic heterocycles. The minimum Gasteiger partial charge on any atom is -0.356 e. The molecule has 5 heteroatoms. The van der Waals surface area contributed by atoms with E-state index in [0.717, 1.165) is 44.6 Å². The van der Waals surface area contributed by atoms with Crippen LogP contribution in [0.3, 0.4) is 0 Å². The summed E-state index contributed by atoms with van der Waals surface area (Å²) in [5.74, 6) is 0.519. The summed E-state index contributed by atoms with van der Waals surface area (Å²) in [6, 6.07) is 20.8. The lowest BCUT2D eigenvalue weighted by Crippen LogP contribution is -2.08. The summed E-state index contributed by atoms with van der Waals surface area (Å²) in [5, 5.41) is 4.99. The molecule has 0 spiro atoms. The van der Waals surface area contributed by atoms with Crippen LogP contribution < -0.4 is 0 Å². The largest absolute Gasteiger partial charge is 0.356 e. The average Bonchev–Trinajstić information content (AvgIpc) is 3.28. The van der Waals surface area contributed by atoms with Gasteiger partial charge in [0.1, 0.15) is 11.6 Å². The van der Waals surface area contributed by atoms with E-state index in [0.29, 0.717) is 0 Å². The van der Waals surface area contributed by atoms with Gasteiger partial charge in [0.25, 0.3) is 0 Å². The predicted molar refractivity (Wildman–Crippen MR) is 108 cm³/mol. The molecule has 0 amide bonds. The van der Waals surface area contributed by atoms with E-state index >= 15 is 0 Å². The lowest BCUT2D eigenvalue weighted by atomic mass is 10.1. The molecule has 1 atom stereocenters. The predicted octanol–water partition coefficient (Wildman–Crippen LogP) is 5.90. The molecule has 0 aliphatic carbocycles. The average molecular weight is 371 g/mol. The van der Waals surface area contributed by atoms with Gasteiger partial charge < -0.3 is 9.09 Å². The Kier molecular flexibility index (Phi) is 3.76. The van der Waals surface area contributed by atoms with Gasteiger partial charge in [-0.15, -0.1) is 0 Å². The van der Waals surface area contributed by atoms with Crippen molar-refractivity contribution in [3.8, 4) is 11.4 Å². The first-order valence-corrected chi connectivity index (χ1v) is 9.20. The van der Waals surface area contributed by atoms with Gasteiger partial charge in [-0.2, -0.15) is 0 Å². The summed E-state index contributed by atoms with van der Waals surface area (Å²) in [4.78, 5) is 4.84. The summed E-state index contributed by atoms with van der Waals surface area (Å²) in [5.41, 5.74) is 5.19. The summed E-state index contributed by atoms with van der Waals surface area (Å²) in [6.45, 7) is 4.02. The van der Waals surface area contributed by atoms with E-state index in [9.17, 15) is 4.39 Å². The van der Waals surface area contributed by atoms with Crippen molar-refractivity contribution in [1.82, 2.24) is 14.7 Å². The monoisotopic (exact) mass is 371 g/mol. The van der Waals surface area contributed by atoms with Crippen molar-refractivity contribution in [2.75, 3.05) is 0 Å². The highest BCUT2D eigenvalue weighted by atomic mass is 19.1. The van der Waals surface area contributed by atoms with Crippen LogP contribution in [0.5, 0.6) is 0 Å². The van der Waals surface area contributed by atoms with Crippen LogP contribution in [0.2, 0.25) is 0 Å². The second-order valence-corrected chi connectivity index (χ2v) is 7.00. The molecule has 0 radical (unpaired) electrons. The summed E-state index contributed by atoms with van der Waals surface area (Å²) in [6.07, 6.45) is 0. The van der Waals surface area contributed by atoms with E-state index in [1.54, 1.807) is 12.1 Å². The molecule has 0 aliphatic heterocycles. The second kappa shape index (κ2) is 6.30. The number of fused-ring (bicyclic) bond motifs is 2. The van der Waals surface area contributed by atoms with E-state index in [4.69, 9.17) is 9.51 Å². The molecule has 4 nitrogen and oxygen atoms in total. The topological polar surface area (TPSA) is 43.9 Å². The van der Waals surface area contributed by atoms with Crippen molar-refractivity contribution in [3.63, 3.8) is 0 Å². The van der Waals surface area contributed by atoms with E-state index in [2.05, 4.69) is 28.8 Å². The van der Waals surface area contributed by atoms with Crippen LogP contribution in [-0.2, 0) is 0 Å². The van der Waals surface area contributed by atoms with E-state index < -0.39 is 0 Å². The first kappa shape index (κ1) is 16.7. The highest BCUT2D eigenvalue weighted by molar-refractivity contribution is 5.87. The van der Waals surface area contributed by atoms with Crippen molar-refractivity contribution in [2.45, 2.75) is 19.9 Å². The maximum absolute atomic E-state index is 14.1. The van der Waals surface area contributed by atoms with Crippen molar-refractivity contribution in [1.29, 1.82) is 0 Å². The van der Waals surface area contributed by atoms with Gasteiger partial charge in [-0.25, -0.2) is 9.37 Å². The molecule has 28 heavy (non-hydrogen) atoms. The zero-order chi connectivity index (χ0) is 19.3. The first-order valence-electron chi connectivity index (χ1n) is 9.20. The number of aryl methyl sites for hydroxylation is 1. The highest BCUT2D eigenvalue weighted by Gasteiger charge is 2.20. The molecule has 2 heterocycles. The van der Waals surface area contributed by atoms with Crippen LogP contribution in [-0.4, -0.2) is 14.7 Å². The molecule has 3 aromatic carbocycles. The number of imidazole rings is 1. The molecular weight excluding hydrogens is 353 g/mol. The standard InChI is InChI=1S/C23H18FN3O/c1-14-19-12-17(8-11-22(19)28-26-14)23-25-20-10-9-18(24)13-21(20)27(23)15(2)16-6-4-3-5-7-16/h3-13,15H,1-2H3. The molecule has 0 fully saturated rings. The van der Waals surface area contributed by atoms with Crippen molar-refractivity contribution < 1.29 is 8.91 Å². The fourth-order valence-corrected chi connectivity index (χ4v) is 3.74. The van der Waals surface area contributed by atoms with Gasteiger partial charge in [0.15, 0.2) is 5.58 Å². The van der Waals surface area contributed by atoms with Gasteiger partial charge in [-0.3, -0.25) is 0 Å². The molecule has 5 aromatic rings. The fraction of sp³-hybridized carbons (Fsp3) is 0.130. The maximum Gasteiger partial charge on any atom is 0.167 e. The number of rotatable bonds is 3. The van der Waals surface area contributed by atoms with Crippen LogP contribution in [0.25, 0.3) is 33.4 Å². The Bertz CT molecular complexity index is 1300. The molecule has 0 aliphatic rings. The van der Waals surface area contributed by atoms with Crippen LogP contribution in [0.1, 0.15) is 24.2 Å². The van der Waals surface area contributed by atoms with E-state index in [1.165, 1.54) is 6.07 Å². The fourth-order valence-electron chi connectivity index (χ4n) is 3.74. The highest BCUT2D eigenvalue weighted by Crippen LogP contribution is 2.33. The van der Waals surface area contributed by atoms with Gasteiger partial charge in [-0.1, -0.05) is 35.5 Å². The summed E-state index contributed by atoms with van der Waals surface area (Å²) >= 11 is 0. The van der Waals surface area contributed by atoms with Gasteiger partial charge in [0.2, 0.25) is 0 Å². The van der Waals surface area contributed by atoms with Gasteiger partial charge in [0, 0.05) is 10.9 Å². The third-order valence-corrected chi connectivity index (χ3v) is 5.23. The van der Waals surface area contributed by atoms with Crippen LogP contribution >= 0.6 is 0 Å². The molecule has 0 saturated carbocycles. The Balaban J connectivity index is 1.79. The third-order valence-electron chi connectivity index (χ3n) is 5.23. The quantitative estimate of drug-likeness (QED) is 0.396. The molecule has 0 N–H and O–H groups in total. The minimum absolute atomic E-state index is 0.0118. The Morgan fingerprint density at radius 1 is 1.00 bits per heavy atom. The Hall–Kier alpha value is -3.47. The molecule has 0 saturated heterocycles. The molecule has 5 rings (SSSR count). The summed E-state index contributed by atoms with van der Waals surface area (Å²) < 4.78 is 21.5. The van der Waals surface area contributed by atoms with Crippen LogP contribution in [0.15, 0.2) is 71.3 Å². The van der Waals surface area contributed by atoms with Crippen LogP contribution in [0.4, 0.5) is 4.39 Å². The Morgan fingerprint density at radius 2 is 1.82 bits per heavy atom. The zero-order valence-electron chi connectivity index (χ0n) is 15.6. The number of halogens is 1. The third kappa shape index (κ3) is 2.59. The van der Waals surface area contributed by atoms with Gasteiger partial charge >= 0.3 is 0 Å². The molecule has 1 unspecified atom stereocenters. The molecule has 0 bridgehead atoms. The van der Waals surface area contributed by atoms with Crippen LogP contribution in [0, 0.1) is 12.7 Å². The Morgan fingerprint density at radius 3 is 2.64 bits per heavy atom. The Labute approximate surface area is 161 Å². The summed E-state index contributed by atoms with van der Waals surface area (Å²) in [7, 11) is 0. The first-order chi connectivity index (χ1) is 13.6. The normalized spacial score (nSPS) is 12.7.